The summed E-state index contributed by atoms with van der Waals surface area (Å²) in [5.74, 6) is -0.176. The van der Waals surface area contributed by atoms with Crippen LogP contribution in [0, 0.1) is 23.2 Å². The Balaban J connectivity index is 1.57. The zero-order chi connectivity index (χ0) is 22.6. The maximum Gasteiger partial charge on any atom is 0.335 e. The second-order valence-electron chi connectivity index (χ2n) is 10.1. The van der Waals surface area contributed by atoms with Crippen LogP contribution < -0.4 is 0 Å². The zero-order valence-electron chi connectivity index (χ0n) is 18.7. The summed E-state index contributed by atoms with van der Waals surface area (Å²) in [6, 6.07) is 6.97. The van der Waals surface area contributed by atoms with Crippen LogP contribution in [0.1, 0.15) is 74.7 Å². The molecular formula is C26H37ClO4. The summed E-state index contributed by atoms with van der Waals surface area (Å²) in [6.45, 7) is 4.44. The van der Waals surface area contributed by atoms with E-state index in [0.717, 1.165) is 37.7 Å². The number of carboxylic acids is 1. The van der Waals surface area contributed by atoms with Gasteiger partial charge in [0, 0.05) is 11.3 Å². The number of halogens is 1. The minimum Gasteiger partial charge on any atom is -0.478 e. The van der Waals surface area contributed by atoms with Crippen LogP contribution in [-0.4, -0.2) is 38.9 Å². The molecule has 2 fully saturated rings. The molecular weight excluding hydrogens is 412 g/mol. The van der Waals surface area contributed by atoms with Crippen molar-refractivity contribution in [3.8, 4) is 0 Å². The van der Waals surface area contributed by atoms with Crippen molar-refractivity contribution in [2.45, 2.75) is 82.8 Å². The highest BCUT2D eigenvalue weighted by Crippen LogP contribution is 2.49. The number of rotatable bonds is 10. The van der Waals surface area contributed by atoms with Gasteiger partial charge in [0.1, 0.15) is 0 Å². The van der Waals surface area contributed by atoms with E-state index in [1.807, 2.05) is 12.1 Å². The Morgan fingerprint density at radius 1 is 1.26 bits per heavy atom. The average molecular weight is 449 g/mol. The molecule has 0 radical (unpaired) electrons. The molecule has 31 heavy (non-hydrogen) atoms. The molecule has 4 nitrogen and oxygen atoms in total. The number of benzene rings is 1. The molecule has 1 aromatic carbocycles. The van der Waals surface area contributed by atoms with Crippen molar-refractivity contribution < 1.29 is 20.1 Å². The fourth-order valence-corrected chi connectivity index (χ4v) is 6.09. The first-order valence-electron chi connectivity index (χ1n) is 11.7. The van der Waals surface area contributed by atoms with Crippen LogP contribution in [0.25, 0.3) is 0 Å². The van der Waals surface area contributed by atoms with Gasteiger partial charge in [-0.1, -0.05) is 44.6 Å². The first-order valence-corrected chi connectivity index (χ1v) is 12.1. The zero-order valence-corrected chi connectivity index (χ0v) is 19.5. The molecule has 5 heteroatoms. The minimum absolute atomic E-state index is 0.00423. The van der Waals surface area contributed by atoms with E-state index in [9.17, 15) is 15.0 Å². The van der Waals surface area contributed by atoms with Crippen molar-refractivity contribution in [2.75, 3.05) is 0 Å². The fraction of sp³-hybridized carbons (Fsp3) is 0.654. The number of aliphatic hydroxyl groups is 2. The van der Waals surface area contributed by atoms with Gasteiger partial charge in [0.2, 0.25) is 0 Å². The molecule has 0 heterocycles. The smallest absolute Gasteiger partial charge is 0.335 e. The van der Waals surface area contributed by atoms with Crippen LogP contribution >= 0.6 is 11.6 Å². The number of alkyl halides is 1. The quantitative estimate of drug-likeness (QED) is 0.328. The lowest BCUT2D eigenvalue weighted by atomic mass is 9.60. The van der Waals surface area contributed by atoms with Gasteiger partial charge in [0.15, 0.2) is 0 Å². The maximum atomic E-state index is 11.0. The third-order valence-corrected chi connectivity index (χ3v) is 7.93. The fourth-order valence-electron chi connectivity index (χ4n) is 5.61. The molecule has 0 aliphatic heterocycles. The number of aryl methyl sites for hydroxylation is 1. The second kappa shape index (κ2) is 10.5. The number of hydrogen-bond donors (Lipinski definition) is 3. The lowest BCUT2D eigenvalue weighted by molar-refractivity contribution is -0.0473. The molecule has 0 aromatic heterocycles. The Bertz CT molecular complexity index is 753. The van der Waals surface area contributed by atoms with Gasteiger partial charge < -0.3 is 15.3 Å². The number of carboxylic acid groups (broad SMARTS) is 1. The van der Waals surface area contributed by atoms with Crippen molar-refractivity contribution in [2.24, 2.45) is 23.2 Å². The van der Waals surface area contributed by atoms with Crippen LogP contribution in [0.5, 0.6) is 0 Å². The van der Waals surface area contributed by atoms with Gasteiger partial charge in [0.25, 0.3) is 0 Å². The highest BCUT2D eigenvalue weighted by atomic mass is 35.5. The first-order chi connectivity index (χ1) is 14.7. The van der Waals surface area contributed by atoms with Crippen LogP contribution in [0.3, 0.4) is 0 Å². The Morgan fingerprint density at radius 3 is 2.48 bits per heavy atom. The number of carbonyl (C=O) groups is 1. The summed E-state index contributed by atoms with van der Waals surface area (Å²) < 4.78 is 0. The number of hydrogen-bond acceptors (Lipinski definition) is 3. The predicted octanol–water partition coefficient (Wildman–Crippen LogP) is 5.45. The molecule has 5 atom stereocenters. The van der Waals surface area contributed by atoms with Crippen molar-refractivity contribution >= 4 is 17.6 Å². The molecule has 1 aromatic rings. The molecule has 2 aliphatic rings. The summed E-state index contributed by atoms with van der Waals surface area (Å²) in [5, 5.41) is 30.4. The first kappa shape index (κ1) is 24.3. The van der Waals surface area contributed by atoms with E-state index in [-0.39, 0.29) is 34.3 Å². The SMILES string of the molecule is CC(C)CC1(C(O)CC=C[C@H]2C(O)CC(Cl)[C@@H]2CCc2ccc(C(=O)O)cc2)CCC1. The van der Waals surface area contributed by atoms with Crippen molar-refractivity contribution in [3.63, 3.8) is 0 Å². The highest BCUT2D eigenvalue weighted by Gasteiger charge is 2.43. The van der Waals surface area contributed by atoms with E-state index < -0.39 is 12.1 Å². The van der Waals surface area contributed by atoms with E-state index in [2.05, 4.69) is 26.0 Å². The van der Waals surface area contributed by atoms with Crippen LogP contribution in [0.15, 0.2) is 36.4 Å². The van der Waals surface area contributed by atoms with E-state index >= 15 is 0 Å². The monoisotopic (exact) mass is 448 g/mol. The van der Waals surface area contributed by atoms with Gasteiger partial charge in [0.05, 0.1) is 17.8 Å². The summed E-state index contributed by atoms with van der Waals surface area (Å²) in [4.78, 5) is 11.0. The van der Waals surface area contributed by atoms with Crippen molar-refractivity contribution in [3.05, 3.63) is 47.5 Å². The molecule has 3 unspecified atom stereocenters. The number of aliphatic hydroxyl groups excluding tert-OH is 2. The van der Waals surface area contributed by atoms with Crippen LogP contribution in [-0.2, 0) is 6.42 Å². The van der Waals surface area contributed by atoms with Crippen molar-refractivity contribution in [1.82, 2.24) is 0 Å². The average Bonchev–Trinajstić information content (AvgIpc) is 2.95. The highest BCUT2D eigenvalue weighted by molar-refractivity contribution is 6.21. The predicted molar refractivity (Wildman–Crippen MR) is 124 cm³/mol. The summed E-state index contributed by atoms with van der Waals surface area (Å²) in [6.07, 6.45) is 10.7. The molecule has 2 saturated carbocycles. The molecule has 3 rings (SSSR count). The van der Waals surface area contributed by atoms with E-state index in [4.69, 9.17) is 16.7 Å². The number of aromatic carboxylic acids is 1. The van der Waals surface area contributed by atoms with Crippen molar-refractivity contribution in [1.29, 1.82) is 0 Å². The van der Waals surface area contributed by atoms with E-state index in [1.165, 1.54) is 6.42 Å². The van der Waals surface area contributed by atoms with Crippen LogP contribution in [0.2, 0.25) is 0 Å². The lowest BCUT2D eigenvalue weighted by Crippen LogP contribution is -2.42. The standard InChI is InChI=1S/C26H37ClO4/c1-17(2)16-26(13-4-14-26)24(29)6-3-5-21-20(22(27)15-23(21)28)12-9-18-7-10-19(11-8-18)25(30)31/h3,5,7-8,10-11,17,20-24,28-29H,4,6,9,12-16H2,1-2H3,(H,30,31)/t20-,21-,22?,23?,24?/m1/s1. The van der Waals surface area contributed by atoms with E-state index in [0.29, 0.717) is 18.8 Å². The third-order valence-electron chi connectivity index (χ3n) is 7.43. The minimum atomic E-state index is -0.921. The Hall–Kier alpha value is -1.36. The Kier molecular flexibility index (Phi) is 8.23. The molecule has 172 valence electrons. The summed E-state index contributed by atoms with van der Waals surface area (Å²) >= 11 is 6.58. The van der Waals surface area contributed by atoms with Gasteiger partial charge in [-0.05, 0) is 79.9 Å². The van der Waals surface area contributed by atoms with Gasteiger partial charge >= 0.3 is 5.97 Å². The summed E-state index contributed by atoms with van der Waals surface area (Å²) in [7, 11) is 0. The van der Waals surface area contributed by atoms with E-state index in [1.54, 1.807) is 12.1 Å². The lowest BCUT2D eigenvalue weighted by Gasteiger charge is -2.46. The normalized spacial score (nSPS) is 28.7. The molecule has 2 aliphatic carbocycles. The Morgan fingerprint density at radius 2 is 1.94 bits per heavy atom. The molecule has 0 spiro atoms. The summed E-state index contributed by atoms with van der Waals surface area (Å²) in [5.41, 5.74) is 1.44. The van der Waals surface area contributed by atoms with Gasteiger partial charge in [-0.25, -0.2) is 4.79 Å². The van der Waals surface area contributed by atoms with Gasteiger partial charge in [-0.15, -0.1) is 11.6 Å². The molecule has 0 saturated heterocycles. The molecule has 0 bridgehead atoms. The maximum absolute atomic E-state index is 11.0. The second-order valence-corrected chi connectivity index (χ2v) is 10.7. The topological polar surface area (TPSA) is 77.8 Å². The Labute approximate surface area is 191 Å². The molecule has 3 N–H and O–H groups in total. The molecule has 0 amide bonds. The van der Waals surface area contributed by atoms with Gasteiger partial charge in [-0.3, -0.25) is 0 Å². The van der Waals surface area contributed by atoms with Gasteiger partial charge in [-0.2, -0.15) is 0 Å². The van der Waals surface area contributed by atoms with Crippen LogP contribution in [0.4, 0.5) is 0 Å². The largest absolute Gasteiger partial charge is 0.478 e. The third kappa shape index (κ3) is 5.91.